The van der Waals surface area contributed by atoms with E-state index in [2.05, 4.69) is 21.3 Å². The van der Waals surface area contributed by atoms with Gasteiger partial charge in [-0.05, 0) is 48.4 Å². The van der Waals surface area contributed by atoms with Crippen LogP contribution in [0.4, 0.5) is 19.0 Å². The van der Waals surface area contributed by atoms with E-state index in [1.807, 2.05) is 16.2 Å². The number of aromatic nitrogens is 1. The van der Waals surface area contributed by atoms with Crippen molar-refractivity contribution in [2.45, 2.75) is 38.0 Å². The van der Waals surface area contributed by atoms with Gasteiger partial charge >= 0.3 is 6.18 Å². The zero-order valence-electron chi connectivity index (χ0n) is 13.8. The third kappa shape index (κ3) is 3.53. The van der Waals surface area contributed by atoms with Crippen LogP contribution in [0.2, 0.25) is 0 Å². The van der Waals surface area contributed by atoms with Crippen molar-refractivity contribution >= 4 is 17.2 Å². The highest BCUT2D eigenvalue weighted by molar-refractivity contribution is 7.10. The summed E-state index contributed by atoms with van der Waals surface area (Å²) in [7, 11) is 0. The molecule has 4 rings (SSSR count). The van der Waals surface area contributed by atoms with Crippen molar-refractivity contribution in [3.63, 3.8) is 0 Å². The van der Waals surface area contributed by atoms with E-state index >= 15 is 0 Å². The summed E-state index contributed by atoms with van der Waals surface area (Å²) in [6, 6.07) is 6.87. The normalized spacial score (nSPS) is 19.9. The summed E-state index contributed by atoms with van der Waals surface area (Å²) in [5, 5.41) is 2.16. The number of pyridine rings is 1. The number of thiophene rings is 1. The Bertz CT molecular complexity index is 735. The molecule has 0 N–H and O–H groups in total. The minimum absolute atomic E-state index is 0.437. The molecule has 2 aliphatic rings. The molecule has 1 saturated heterocycles. The van der Waals surface area contributed by atoms with Crippen molar-refractivity contribution in [2.24, 2.45) is 0 Å². The molecule has 3 nitrogen and oxygen atoms in total. The van der Waals surface area contributed by atoms with Gasteiger partial charge in [0, 0.05) is 37.1 Å². The molecule has 0 aliphatic carbocycles. The zero-order chi connectivity index (χ0) is 17.4. The molecule has 0 saturated carbocycles. The Hall–Kier alpha value is -1.60. The van der Waals surface area contributed by atoms with Gasteiger partial charge in [0.25, 0.3) is 0 Å². The third-order valence-corrected chi connectivity index (χ3v) is 6.19. The number of hydrogen-bond acceptors (Lipinski definition) is 4. The first kappa shape index (κ1) is 16.8. The van der Waals surface area contributed by atoms with Gasteiger partial charge in [0.2, 0.25) is 0 Å². The Labute approximate surface area is 149 Å². The van der Waals surface area contributed by atoms with Crippen LogP contribution in [0.3, 0.4) is 0 Å². The van der Waals surface area contributed by atoms with Crippen molar-refractivity contribution in [1.82, 2.24) is 9.88 Å². The number of alkyl halides is 3. The van der Waals surface area contributed by atoms with Crippen LogP contribution in [0, 0.1) is 0 Å². The summed E-state index contributed by atoms with van der Waals surface area (Å²) in [4.78, 5) is 9.83. The lowest BCUT2D eigenvalue weighted by molar-refractivity contribution is -0.141. The van der Waals surface area contributed by atoms with Crippen LogP contribution >= 0.6 is 11.3 Å². The third-order valence-electron chi connectivity index (χ3n) is 5.17. The fraction of sp³-hybridized carbons (Fsp3) is 0.500. The molecule has 2 aliphatic heterocycles. The van der Waals surface area contributed by atoms with E-state index in [-0.39, 0.29) is 0 Å². The topological polar surface area (TPSA) is 19.4 Å². The number of hydrogen-bond donors (Lipinski definition) is 0. The van der Waals surface area contributed by atoms with Crippen molar-refractivity contribution in [2.75, 3.05) is 24.5 Å². The minimum Gasteiger partial charge on any atom is -0.356 e. The molecule has 0 radical (unpaired) electrons. The van der Waals surface area contributed by atoms with E-state index in [0.29, 0.717) is 11.9 Å². The molecule has 0 amide bonds. The van der Waals surface area contributed by atoms with Gasteiger partial charge in [-0.25, -0.2) is 4.98 Å². The number of rotatable bonds is 2. The fourth-order valence-electron chi connectivity index (χ4n) is 3.80. The summed E-state index contributed by atoms with van der Waals surface area (Å²) < 4.78 is 38.5. The second-order valence-electron chi connectivity index (χ2n) is 6.69. The molecule has 25 heavy (non-hydrogen) atoms. The molecule has 1 fully saturated rings. The molecule has 0 unspecified atom stereocenters. The summed E-state index contributed by atoms with van der Waals surface area (Å²) in [6.07, 6.45) is -1.34. The van der Waals surface area contributed by atoms with Crippen molar-refractivity contribution in [3.05, 3.63) is 45.8 Å². The maximum atomic E-state index is 12.8. The number of nitrogens with zero attached hydrogens (tertiary/aromatic N) is 3. The Kier molecular flexibility index (Phi) is 4.45. The fourth-order valence-corrected chi connectivity index (χ4v) is 4.69. The predicted octanol–water partition coefficient (Wildman–Crippen LogP) is 4.19. The first-order chi connectivity index (χ1) is 12.0. The standard InChI is InChI=1S/C18H20F3N3S/c19-18(20,21)16-2-1-3-17(22-16)23-8-4-14(5-9-23)24-10-6-15-13(12-24)7-11-25-15/h1-3,7,11,14H,4-6,8-10,12H2. The molecule has 0 bridgehead atoms. The van der Waals surface area contributed by atoms with Gasteiger partial charge in [-0.3, -0.25) is 4.90 Å². The Morgan fingerprint density at radius 3 is 2.64 bits per heavy atom. The average molecular weight is 367 g/mol. The van der Waals surface area contributed by atoms with Gasteiger partial charge < -0.3 is 4.90 Å². The highest BCUT2D eigenvalue weighted by Gasteiger charge is 2.33. The van der Waals surface area contributed by atoms with E-state index in [4.69, 9.17) is 0 Å². The van der Waals surface area contributed by atoms with Crippen molar-refractivity contribution in [3.8, 4) is 0 Å². The van der Waals surface area contributed by atoms with Crippen molar-refractivity contribution in [1.29, 1.82) is 0 Å². The molecule has 0 atom stereocenters. The van der Waals surface area contributed by atoms with E-state index in [1.54, 1.807) is 6.07 Å². The maximum absolute atomic E-state index is 12.8. The Morgan fingerprint density at radius 2 is 1.88 bits per heavy atom. The van der Waals surface area contributed by atoms with Crippen LogP contribution in [0.25, 0.3) is 0 Å². The average Bonchev–Trinajstić information content (AvgIpc) is 3.09. The first-order valence-electron chi connectivity index (χ1n) is 8.59. The van der Waals surface area contributed by atoms with E-state index in [9.17, 15) is 13.2 Å². The molecular weight excluding hydrogens is 347 g/mol. The van der Waals surface area contributed by atoms with Crippen LogP contribution in [0.1, 0.15) is 29.0 Å². The van der Waals surface area contributed by atoms with E-state index in [0.717, 1.165) is 51.5 Å². The van der Waals surface area contributed by atoms with E-state index in [1.165, 1.54) is 16.5 Å². The van der Waals surface area contributed by atoms with E-state index < -0.39 is 11.9 Å². The van der Waals surface area contributed by atoms with Crippen LogP contribution in [-0.4, -0.2) is 35.6 Å². The molecule has 134 valence electrons. The van der Waals surface area contributed by atoms with Crippen LogP contribution in [0.15, 0.2) is 29.6 Å². The number of fused-ring (bicyclic) bond motifs is 1. The molecule has 2 aromatic heterocycles. The smallest absolute Gasteiger partial charge is 0.356 e. The van der Waals surface area contributed by atoms with Crippen molar-refractivity contribution < 1.29 is 13.2 Å². The number of anilines is 1. The largest absolute Gasteiger partial charge is 0.433 e. The summed E-state index contributed by atoms with van der Waals surface area (Å²) in [5.41, 5.74) is 0.631. The molecular formula is C18H20F3N3S. The van der Waals surface area contributed by atoms with Crippen LogP contribution in [0.5, 0.6) is 0 Å². The quantitative estimate of drug-likeness (QED) is 0.793. The maximum Gasteiger partial charge on any atom is 0.433 e. The summed E-state index contributed by atoms with van der Waals surface area (Å²) in [6.45, 7) is 3.60. The monoisotopic (exact) mass is 367 g/mol. The Morgan fingerprint density at radius 1 is 1.08 bits per heavy atom. The predicted molar refractivity (Wildman–Crippen MR) is 92.9 cm³/mol. The lowest BCUT2D eigenvalue weighted by atomic mass is 9.99. The highest BCUT2D eigenvalue weighted by atomic mass is 32.1. The second kappa shape index (κ2) is 6.61. The SMILES string of the molecule is FC(F)(F)c1cccc(N2CCC(N3CCc4sccc4C3)CC2)n1. The van der Waals surface area contributed by atoms with Gasteiger partial charge in [-0.2, -0.15) is 13.2 Å². The lowest BCUT2D eigenvalue weighted by Gasteiger charge is -2.40. The summed E-state index contributed by atoms with van der Waals surface area (Å²) >= 11 is 1.84. The Balaban J connectivity index is 1.39. The first-order valence-corrected chi connectivity index (χ1v) is 9.47. The molecule has 0 aromatic carbocycles. The van der Waals surface area contributed by atoms with Gasteiger partial charge in [0.15, 0.2) is 0 Å². The zero-order valence-corrected chi connectivity index (χ0v) is 14.6. The molecule has 2 aromatic rings. The molecule has 7 heteroatoms. The number of halogens is 3. The van der Waals surface area contributed by atoms with Crippen LogP contribution < -0.4 is 4.90 Å². The van der Waals surface area contributed by atoms with Gasteiger partial charge in [0.1, 0.15) is 11.5 Å². The lowest BCUT2D eigenvalue weighted by Crippen LogP contribution is -2.46. The van der Waals surface area contributed by atoms with Gasteiger partial charge in [-0.1, -0.05) is 6.07 Å². The van der Waals surface area contributed by atoms with Gasteiger partial charge in [0.05, 0.1) is 0 Å². The second-order valence-corrected chi connectivity index (χ2v) is 7.69. The molecule has 4 heterocycles. The van der Waals surface area contributed by atoms with Crippen LogP contribution in [-0.2, 0) is 19.1 Å². The highest BCUT2D eigenvalue weighted by Crippen LogP contribution is 2.31. The summed E-state index contributed by atoms with van der Waals surface area (Å²) in [5.74, 6) is 0.437. The minimum atomic E-state index is -4.39. The number of piperidine rings is 1. The van der Waals surface area contributed by atoms with Gasteiger partial charge in [-0.15, -0.1) is 11.3 Å². The molecule has 0 spiro atoms.